The molecule has 6 heteroatoms. The average molecular weight is 326 g/mol. The summed E-state index contributed by atoms with van der Waals surface area (Å²) in [5.41, 5.74) is 6.02. The summed E-state index contributed by atoms with van der Waals surface area (Å²) in [5, 5.41) is 7.63. The lowest BCUT2D eigenvalue weighted by atomic mass is 9.94. The molecule has 1 fully saturated rings. The van der Waals surface area contributed by atoms with Gasteiger partial charge in [-0.1, -0.05) is 26.2 Å². The predicted molar refractivity (Wildman–Crippen MR) is 93.0 cm³/mol. The van der Waals surface area contributed by atoms with Crippen molar-refractivity contribution in [3.05, 3.63) is 23.8 Å². The first-order chi connectivity index (χ1) is 11.7. The van der Waals surface area contributed by atoms with Crippen molar-refractivity contribution in [2.75, 3.05) is 5.32 Å². The van der Waals surface area contributed by atoms with Crippen LogP contribution in [0.3, 0.4) is 0 Å². The Hall–Kier alpha value is -2.37. The van der Waals surface area contributed by atoms with E-state index in [1.54, 1.807) is 0 Å². The molecule has 1 saturated carbocycles. The maximum absolute atomic E-state index is 11.4. The van der Waals surface area contributed by atoms with Gasteiger partial charge in [-0.05, 0) is 31.0 Å². The van der Waals surface area contributed by atoms with Crippen molar-refractivity contribution < 1.29 is 9.21 Å². The fourth-order valence-electron chi connectivity index (χ4n) is 3.57. The lowest BCUT2D eigenvalue weighted by molar-refractivity contribution is -0.121. The zero-order valence-corrected chi connectivity index (χ0v) is 13.8. The zero-order valence-electron chi connectivity index (χ0n) is 13.8. The van der Waals surface area contributed by atoms with Crippen molar-refractivity contribution >= 4 is 28.7 Å². The molecule has 0 bridgehead atoms. The summed E-state index contributed by atoms with van der Waals surface area (Å²) < 4.78 is 5.83. The lowest BCUT2D eigenvalue weighted by Crippen LogP contribution is -2.31. The Morgan fingerprint density at radius 3 is 2.88 bits per heavy atom. The highest BCUT2D eigenvalue weighted by Crippen LogP contribution is 2.26. The monoisotopic (exact) mass is 326 g/mol. The van der Waals surface area contributed by atoms with Gasteiger partial charge in [0, 0.05) is 23.9 Å². The average Bonchev–Trinajstić information content (AvgIpc) is 2.97. The van der Waals surface area contributed by atoms with Gasteiger partial charge in [0.2, 0.25) is 5.91 Å². The number of nitrogens with one attached hydrogen (secondary N) is 2. The molecule has 0 spiro atoms. The number of carbonyl (C=O) groups excluding carboxylic acids is 1. The summed E-state index contributed by atoms with van der Waals surface area (Å²) >= 11 is 0. The van der Waals surface area contributed by atoms with Crippen LogP contribution in [0.15, 0.2) is 27.7 Å². The normalized spacial score (nSPS) is 22.3. The van der Waals surface area contributed by atoms with Crippen molar-refractivity contribution in [3.63, 3.8) is 0 Å². The summed E-state index contributed by atoms with van der Waals surface area (Å²) in [6, 6.07) is 6.95. The summed E-state index contributed by atoms with van der Waals surface area (Å²) in [6.45, 7) is 2.01. The summed E-state index contributed by atoms with van der Waals surface area (Å²) in [5.74, 6) is 0.0654. The Balaban J connectivity index is 1.58. The number of oxazole rings is 1. The summed E-state index contributed by atoms with van der Waals surface area (Å²) in [7, 11) is 0. The molecule has 2 heterocycles. The van der Waals surface area contributed by atoms with E-state index < -0.39 is 0 Å². The number of hydrogen-bond donors (Lipinski definition) is 2. The number of anilines is 1. The molecule has 2 N–H and O–H groups in total. The first kappa shape index (κ1) is 15.2. The molecule has 2 aliphatic rings. The van der Waals surface area contributed by atoms with Crippen LogP contribution in [-0.4, -0.2) is 22.6 Å². The van der Waals surface area contributed by atoms with Gasteiger partial charge in [-0.15, -0.1) is 0 Å². The molecule has 0 saturated heterocycles. The third-order valence-corrected chi connectivity index (χ3v) is 4.88. The molecule has 6 nitrogen and oxygen atoms in total. The third kappa shape index (κ3) is 3.00. The van der Waals surface area contributed by atoms with E-state index in [0.717, 1.165) is 22.4 Å². The summed E-state index contributed by atoms with van der Waals surface area (Å²) in [4.78, 5) is 16.0. The van der Waals surface area contributed by atoms with Crippen LogP contribution in [0.4, 0.5) is 6.01 Å². The van der Waals surface area contributed by atoms with E-state index in [2.05, 4.69) is 20.8 Å². The second kappa shape index (κ2) is 6.26. The largest absolute Gasteiger partial charge is 0.424 e. The molecule has 1 aliphatic heterocycles. The first-order valence-electron chi connectivity index (χ1n) is 8.73. The van der Waals surface area contributed by atoms with Crippen molar-refractivity contribution in [3.8, 4) is 0 Å². The Morgan fingerprint density at radius 2 is 2.08 bits per heavy atom. The lowest BCUT2D eigenvalue weighted by Gasteiger charge is -2.21. The Kier molecular flexibility index (Phi) is 3.96. The second-order valence-corrected chi connectivity index (χ2v) is 6.82. The number of benzene rings is 1. The molecule has 126 valence electrons. The van der Waals surface area contributed by atoms with Gasteiger partial charge < -0.3 is 9.73 Å². The van der Waals surface area contributed by atoms with E-state index in [-0.39, 0.29) is 11.8 Å². The molecular formula is C18H22N4O2. The maximum atomic E-state index is 11.4. The standard InChI is InChI=1S/C18H22N4O2/c1-11-9-16(23)21-22-17(11)12-7-8-15-14(10-12)20-18(24-15)19-13-5-3-2-4-6-13/h7-8,10-11,13H,2-6,9H2,1H3,(H,19,20)(H,21,23). The molecular weight excluding hydrogens is 304 g/mol. The van der Waals surface area contributed by atoms with Crippen LogP contribution in [0.1, 0.15) is 51.0 Å². The van der Waals surface area contributed by atoms with Gasteiger partial charge in [-0.2, -0.15) is 10.1 Å². The number of hydrogen-bond acceptors (Lipinski definition) is 5. The molecule has 2 aromatic rings. The third-order valence-electron chi connectivity index (χ3n) is 4.88. The molecule has 0 radical (unpaired) electrons. The summed E-state index contributed by atoms with van der Waals surface area (Å²) in [6.07, 6.45) is 6.68. The molecule has 1 aromatic heterocycles. The Labute approximate surface area is 140 Å². The number of carbonyl (C=O) groups is 1. The second-order valence-electron chi connectivity index (χ2n) is 6.82. The number of rotatable bonds is 3. The van der Waals surface area contributed by atoms with E-state index in [4.69, 9.17) is 4.42 Å². The van der Waals surface area contributed by atoms with Crippen molar-refractivity contribution in [1.82, 2.24) is 10.4 Å². The number of hydrazone groups is 1. The van der Waals surface area contributed by atoms with Gasteiger partial charge in [0.05, 0.1) is 5.71 Å². The highest BCUT2D eigenvalue weighted by molar-refractivity contribution is 6.07. The van der Waals surface area contributed by atoms with Crippen LogP contribution in [0, 0.1) is 5.92 Å². The van der Waals surface area contributed by atoms with Crippen LogP contribution in [-0.2, 0) is 4.79 Å². The van der Waals surface area contributed by atoms with Crippen LogP contribution in [0.2, 0.25) is 0 Å². The molecule has 1 atom stereocenters. The van der Waals surface area contributed by atoms with E-state index in [9.17, 15) is 4.79 Å². The van der Waals surface area contributed by atoms with Gasteiger partial charge in [-0.3, -0.25) is 4.79 Å². The molecule has 1 aliphatic carbocycles. The van der Waals surface area contributed by atoms with Gasteiger partial charge in [0.15, 0.2) is 5.58 Å². The van der Waals surface area contributed by atoms with Crippen LogP contribution < -0.4 is 10.7 Å². The van der Waals surface area contributed by atoms with Gasteiger partial charge in [0.25, 0.3) is 6.01 Å². The van der Waals surface area contributed by atoms with Crippen LogP contribution >= 0.6 is 0 Å². The minimum Gasteiger partial charge on any atom is -0.424 e. The predicted octanol–water partition coefficient (Wildman–Crippen LogP) is 3.43. The quantitative estimate of drug-likeness (QED) is 0.905. The van der Waals surface area contributed by atoms with E-state index in [1.165, 1.54) is 32.1 Å². The van der Waals surface area contributed by atoms with E-state index >= 15 is 0 Å². The Morgan fingerprint density at radius 1 is 1.25 bits per heavy atom. The number of nitrogens with zero attached hydrogens (tertiary/aromatic N) is 2. The molecule has 1 aromatic carbocycles. The fraction of sp³-hybridized carbons (Fsp3) is 0.500. The highest BCUT2D eigenvalue weighted by Gasteiger charge is 2.22. The zero-order chi connectivity index (χ0) is 16.5. The van der Waals surface area contributed by atoms with E-state index in [0.29, 0.717) is 18.5 Å². The van der Waals surface area contributed by atoms with Gasteiger partial charge in [-0.25, -0.2) is 5.43 Å². The van der Waals surface area contributed by atoms with Crippen molar-refractivity contribution in [2.24, 2.45) is 11.0 Å². The van der Waals surface area contributed by atoms with Crippen molar-refractivity contribution in [2.45, 2.75) is 51.5 Å². The molecule has 1 unspecified atom stereocenters. The smallest absolute Gasteiger partial charge is 0.295 e. The van der Waals surface area contributed by atoms with Gasteiger partial charge >= 0.3 is 0 Å². The number of amides is 1. The van der Waals surface area contributed by atoms with Crippen LogP contribution in [0.25, 0.3) is 11.1 Å². The van der Waals surface area contributed by atoms with E-state index in [1.807, 2.05) is 25.1 Å². The van der Waals surface area contributed by atoms with Crippen molar-refractivity contribution in [1.29, 1.82) is 0 Å². The number of aromatic nitrogens is 1. The molecule has 4 rings (SSSR count). The van der Waals surface area contributed by atoms with Crippen LogP contribution in [0.5, 0.6) is 0 Å². The minimum absolute atomic E-state index is 0.0345. The fourth-order valence-corrected chi connectivity index (χ4v) is 3.57. The molecule has 1 amide bonds. The SMILES string of the molecule is CC1CC(=O)NN=C1c1ccc2oc(NC3CCCCC3)nc2c1. The highest BCUT2D eigenvalue weighted by atomic mass is 16.4. The topological polar surface area (TPSA) is 79.5 Å². The minimum atomic E-state index is -0.0345. The van der Waals surface area contributed by atoms with Gasteiger partial charge in [0.1, 0.15) is 5.52 Å². The first-order valence-corrected chi connectivity index (χ1v) is 8.73. The number of fused-ring (bicyclic) bond motifs is 1. The maximum Gasteiger partial charge on any atom is 0.295 e. The molecule has 24 heavy (non-hydrogen) atoms. The Bertz CT molecular complexity index is 789.